The van der Waals surface area contributed by atoms with Gasteiger partial charge in [-0.3, -0.25) is 0 Å². The van der Waals surface area contributed by atoms with Gasteiger partial charge in [0.25, 0.3) is 0 Å². The Hall–Kier alpha value is -0.300. The zero-order chi connectivity index (χ0) is 16.4. The lowest BCUT2D eigenvalue weighted by Gasteiger charge is -2.60. The molecule has 0 saturated heterocycles. The zero-order valence-electron chi connectivity index (χ0n) is 15.7. The Kier molecular flexibility index (Phi) is 3.76. The lowest BCUT2D eigenvalue weighted by molar-refractivity contribution is -0.119. The SMILES string of the molecule is CC(C)=C1C[C@H]2[C@@H]3CC[C@H]4CCCC[C@]4(C)[C@H]3CC[C@]2(C)[C@H]1O. The van der Waals surface area contributed by atoms with Gasteiger partial charge < -0.3 is 5.11 Å². The molecule has 4 rings (SSSR count). The van der Waals surface area contributed by atoms with Crippen LogP contribution in [0.1, 0.15) is 85.5 Å². The van der Waals surface area contributed by atoms with Crippen LogP contribution in [0, 0.1) is 34.5 Å². The van der Waals surface area contributed by atoms with Gasteiger partial charge in [-0.25, -0.2) is 0 Å². The zero-order valence-corrected chi connectivity index (χ0v) is 15.7. The van der Waals surface area contributed by atoms with Crippen molar-refractivity contribution in [2.45, 2.75) is 91.6 Å². The minimum absolute atomic E-state index is 0.158. The Morgan fingerprint density at radius 3 is 2.43 bits per heavy atom. The van der Waals surface area contributed by atoms with E-state index in [0.29, 0.717) is 5.41 Å². The Morgan fingerprint density at radius 2 is 1.70 bits per heavy atom. The largest absolute Gasteiger partial charge is 0.388 e. The average molecular weight is 317 g/mol. The molecule has 0 aromatic rings. The predicted molar refractivity (Wildman–Crippen MR) is 96.1 cm³/mol. The summed E-state index contributed by atoms with van der Waals surface area (Å²) < 4.78 is 0. The van der Waals surface area contributed by atoms with Crippen LogP contribution in [-0.2, 0) is 0 Å². The van der Waals surface area contributed by atoms with Gasteiger partial charge in [0.15, 0.2) is 0 Å². The molecule has 1 nitrogen and oxygen atoms in total. The maximum Gasteiger partial charge on any atom is 0.0809 e. The Morgan fingerprint density at radius 1 is 0.913 bits per heavy atom. The summed E-state index contributed by atoms with van der Waals surface area (Å²) in [6, 6.07) is 0. The van der Waals surface area contributed by atoms with E-state index in [2.05, 4.69) is 27.7 Å². The quantitative estimate of drug-likeness (QED) is 0.566. The molecule has 1 heteroatoms. The van der Waals surface area contributed by atoms with E-state index in [1.54, 1.807) is 0 Å². The van der Waals surface area contributed by atoms with Gasteiger partial charge in [-0.05, 0) is 93.5 Å². The summed E-state index contributed by atoms with van der Waals surface area (Å²) in [5, 5.41) is 11.0. The molecule has 0 aromatic carbocycles. The molecule has 4 fully saturated rings. The molecule has 0 unspecified atom stereocenters. The summed E-state index contributed by atoms with van der Waals surface area (Å²) in [4.78, 5) is 0. The number of fused-ring (bicyclic) bond motifs is 5. The van der Waals surface area contributed by atoms with Crippen LogP contribution < -0.4 is 0 Å². The molecule has 1 N–H and O–H groups in total. The molecule has 4 saturated carbocycles. The topological polar surface area (TPSA) is 20.2 Å². The van der Waals surface area contributed by atoms with E-state index in [1.807, 2.05) is 0 Å². The third kappa shape index (κ3) is 2.14. The fourth-order valence-electron chi connectivity index (χ4n) is 7.59. The highest BCUT2D eigenvalue weighted by Gasteiger charge is 2.60. The molecular weight excluding hydrogens is 280 g/mol. The van der Waals surface area contributed by atoms with Crippen molar-refractivity contribution in [2.24, 2.45) is 34.5 Å². The minimum Gasteiger partial charge on any atom is -0.388 e. The smallest absolute Gasteiger partial charge is 0.0809 e. The van der Waals surface area contributed by atoms with Crippen LogP contribution in [0.15, 0.2) is 11.1 Å². The van der Waals surface area contributed by atoms with Crippen LogP contribution in [0.2, 0.25) is 0 Å². The Balaban J connectivity index is 1.68. The highest BCUT2D eigenvalue weighted by Crippen LogP contribution is 2.67. The fraction of sp³-hybridized carbons (Fsp3) is 0.909. The summed E-state index contributed by atoms with van der Waals surface area (Å²) in [6.07, 6.45) is 12.4. The molecule has 0 bridgehead atoms. The lowest BCUT2D eigenvalue weighted by atomic mass is 9.45. The molecule has 4 aliphatic carbocycles. The van der Waals surface area contributed by atoms with E-state index in [1.165, 1.54) is 68.9 Å². The fourth-order valence-corrected chi connectivity index (χ4v) is 7.59. The highest BCUT2D eigenvalue weighted by molar-refractivity contribution is 5.27. The van der Waals surface area contributed by atoms with Gasteiger partial charge >= 0.3 is 0 Å². The van der Waals surface area contributed by atoms with Gasteiger partial charge in [-0.2, -0.15) is 0 Å². The van der Waals surface area contributed by atoms with Crippen molar-refractivity contribution in [2.75, 3.05) is 0 Å². The maximum absolute atomic E-state index is 11.0. The van der Waals surface area contributed by atoms with Crippen molar-refractivity contribution in [1.29, 1.82) is 0 Å². The van der Waals surface area contributed by atoms with Gasteiger partial charge in [0.1, 0.15) is 0 Å². The molecule has 0 aliphatic heterocycles. The summed E-state index contributed by atoms with van der Waals surface area (Å²) in [5.41, 5.74) is 3.53. The van der Waals surface area contributed by atoms with Crippen molar-refractivity contribution < 1.29 is 5.11 Å². The summed E-state index contributed by atoms with van der Waals surface area (Å²) in [5.74, 6) is 3.54. The molecule has 4 aliphatic rings. The summed E-state index contributed by atoms with van der Waals surface area (Å²) in [7, 11) is 0. The summed E-state index contributed by atoms with van der Waals surface area (Å²) in [6.45, 7) is 9.46. The van der Waals surface area contributed by atoms with Crippen molar-refractivity contribution in [3.8, 4) is 0 Å². The van der Waals surface area contributed by atoms with E-state index in [4.69, 9.17) is 0 Å². The van der Waals surface area contributed by atoms with Crippen LogP contribution >= 0.6 is 0 Å². The van der Waals surface area contributed by atoms with Crippen LogP contribution in [0.25, 0.3) is 0 Å². The van der Waals surface area contributed by atoms with E-state index in [-0.39, 0.29) is 11.5 Å². The molecule has 130 valence electrons. The standard InChI is InChI=1S/C22H36O/c1-14(2)17-13-19-16-9-8-15-7-5-6-11-21(15,3)18(16)10-12-22(19,4)20(17)23/h15-16,18-20,23H,5-13H2,1-4H3/t15-,16-,18+,19+,20+,21+,22+/m1/s1. The van der Waals surface area contributed by atoms with Gasteiger partial charge in [0.05, 0.1) is 6.10 Å². The first-order valence-electron chi connectivity index (χ1n) is 10.2. The first-order chi connectivity index (χ1) is 10.9. The maximum atomic E-state index is 11.0. The minimum atomic E-state index is -0.171. The molecule has 0 heterocycles. The van der Waals surface area contributed by atoms with Gasteiger partial charge in [0, 0.05) is 5.41 Å². The Bertz CT molecular complexity index is 516. The van der Waals surface area contributed by atoms with Crippen molar-refractivity contribution in [3.63, 3.8) is 0 Å². The normalized spacial score (nSPS) is 52.6. The molecule has 0 spiro atoms. The van der Waals surface area contributed by atoms with Crippen LogP contribution in [0.5, 0.6) is 0 Å². The molecular formula is C22H36O. The monoisotopic (exact) mass is 316 g/mol. The highest BCUT2D eigenvalue weighted by atomic mass is 16.3. The molecule has 7 atom stereocenters. The number of aliphatic hydroxyl groups is 1. The Labute approximate surface area is 142 Å². The lowest BCUT2D eigenvalue weighted by Crippen LogP contribution is -2.53. The number of hydrogen-bond donors (Lipinski definition) is 1. The van der Waals surface area contributed by atoms with Gasteiger partial charge in [-0.1, -0.05) is 32.3 Å². The van der Waals surface area contributed by atoms with E-state index >= 15 is 0 Å². The van der Waals surface area contributed by atoms with Gasteiger partial charge in [0.2, 0.25) is 0 Å². The third-order valence-electron chi connectivity index (χ3n) is 9.06. The first kappa shape index (κ1) is 16.2. The molecule has 0 radical (unpaired) electrons. The third-order valence-corrected chi connectivity index (χ3v) is 9.06. The second-order valence-corrected chi connectivity index (χ2v) is 10.1. The van der Waals surface area contributed by atoms with Crippen molar-refractivity contribution >= 4 is 0 Å². The van der Waals surface area contributed by atoms with Crippen LogP contribution in [0.4, 0.5) is 0 Å². The number of rotatable bonds is 0. The van der Waals surface area contributed by atoms with E-state index in [0.717, 1.165) is 23.7 Å². The second kappa shape index (κ2) is 5.35. The molecule has 0 aromatic heterocycles. The number of allylic oxidation sites excluding steroid dienone is 1. The van der Waals surface area contributed by atoms with E-state index in [9.17, 15) is 5.11 Å². The number of aliphatic hydroxyl groups excluding tert-OH is 1. The first-order valence-corrected chi connectivity index (χ1v) is 10.2. The van der Waals surface area contributed by atoms with Crippen molar-refractivity contribution in [1.82, 2.24) is 0 Å². The molecule has 0 amide bonds. The average Bonchev–Trinajstić information content (AvgIpc) is 2.79. The van der Waals surface area contributed by atoms with Crippen LogP contribution in [-0.4, -0.2) is 11.2 Å². The van der Waals surface area contributed by atoms with Gasteiger partial charge in [-0.15, -0.1) is 0 Å². The van der Waals surface area contributed by atoms with Crippen molar-refractivity contribution in [3.05, 3.63) is 11.1 Å². The van der Waals surface area contributed by atoms with E-state index < -0.39 is 0 Å². The number of hydrogen-bond acceptors (Lipinski definition) is 1. The predicted octanol–water partition coefficient (Wildman–Crippen LogP) is 5.73. The second-order valence-electron chi connectivity index (χ2n) is 10.1. The van der Waals surface area contributed by atoms with Crippen LogP contribution in [0.3, 0.4) is 0 Å². The molecule has 23 heavy (non-hydrogen) atoms. The summed E-state index contributed by atoms with van der Waals surface area (Å²) >= 11 is 0.